The van der Waals surface area contributed by atoms with Gasteiger partial charge in [-0.2, -0.15) is 18.4 Å². The second kappa shape index (κ2) is 4.83. The molecule has 0 saturated carbocycles. The Bertz CT molecular complexity index is 310. The normalized spacial score (nSPS) is 31.2. The lowest BCUT2D eigenvalue weighted by Gasteiger charge is -2.23. The van der Waals surface area contributed by atoms with E-state index < -0.39 is 12.1 Å². The van der Waals surface area contributed by atoms with E-state index >= 15 is 0 Å². The molecule has 3 atom stereocenters. The second-order valence-corrected chi connectivity index (χ2v) is 4.77. The maximum Gasteiger partial charge on any atom is 0.405 e. The topological polar surface area (TPSA) is 39.1 Å². The molecule has 0 aromatic heterocycles. The van der Waals surface area contributed by atoms with Crippen molar-refractivity contribution in [2.45, 2.75) is 37.5 Å². The lowest BCUT2D eigenvalue weighted by Crippen LogP contribution is -2.43. The summed E-state index contributed by atoms with van der Waals surface area (Å²) in [6, 6.07) is 1.82. The smallest absolute Gasteiger partial charge is 0.311 e. The summed E-state index contributed by atoms with van der Waals surface area (Å²) >= 11 is 0. The van der Waals surface area contributed by atoms with Crippen molar-refractivity contribution in [1.82, 2.24) is 10.2 Å². The third-order valence-electron chi connectivity index (χ3n) is 3.74. The first-order valence-corrected chi connectivity index (χ1v) is 5.96. The van der Waals surface area contributed by atoms with Crippen LogP contribution < -0.4 is 5.32 Å². The first kappa shape index (κ1) is 12.7. The fourth-order valence-corrected chi connectivity index (χ4v) is 2.82. The Morgan fingerprint density at radius 3 is 2.76 bits per heavy atom. The van der Waals surface area contributed by atoms with Crippen molar-refractivity contribution in [2.24, 2.45) is 5.92 Å². The van der Waals surface area contributed by atoms with E-state index in [1.165, 1.54) is 6.07 Å². The molecule has 2 aliphatic rings. The Balaban J connectivity index is 1.84. The highest BCUT2D eigenvalue weighted by Gasteiger charge is 2.42. The lowest BCUT2D eigenvalue weighted by molar-refractivity contribution is -0.158. The van der Waals surface area contributed by atoms with Crippen molar-refractivity contribution >= 4 is 0 Å². The standard InChI is InChI=1S/C11H16F3N3/c12-11(13,14)8(6-15)7-16-9-3-5-17-4-1-2-10(9)17/h8-10,16H,1-5,7H2. The molecule has 17 heavy (non-hydrogen) atoms. The number of alkyl halides is 3. The van der Waals surface area contributed by atoms with Crippen LogP contribution in [0.15, 0.2) is 0 Å². The van der Waals surface area contributed by atoms with E-state index in [1.54, 1.807) is 0 Å². The van der Waals surface area contributed by atoms with Crippen molar-refractivity contribution in [3.05, 3.63) is 0 Å². The molecule has 1 N–H and O–H groups in total. The van der Waals surface area contributed by atoms with Crippen LogP contribution in [0.1, 0.15) is 19.3 Å². The fourth-order valence-electron chi connectivity index (χ4n) is 2.82. The van der Waals surface area contributed by atoms with Gasteiger partial charge in [-0.15, -0.1) is 0 Å². The van der Waals surface area contributed by atoms with Crippen molar-refractivity contribution in [2.75, 3.05) is 19.6 Å². The summed E-state index contributed by atoms with van der Waals surface area (Å²) < 4.78 is 37.2. The summed E-state index contributed by atoms with van der Waals surface area (Å²) in [6.07, 6.45) is -1.35. The first-order valence-electron chi connectivity index (χ1n) is 5.96. The van der Waals surface area contributed by atoms with Crippen LogP contribution in [-0.4, -0.2) is 42.8 Å². The molecule has 0 spiro atoms. The summed E-state index contributed by atoms with van der Waals surface area (Å²) in [7, 11) is 0. The van der Waals surface area contributed by atoms with Crippen LogP contribution in [0, 0.1) is 17.2 Å². The number of fused-ring (bicyclic) bond motifs is 1. The zero-order valence-electron chi connectivity index (χ0n) is 9.50. The summed E-state index contributed by atoms with van der Waals surface area (Å²) in [5.41, 5.74) is 0. The summed E-state index contributed by atoms with van der Waals surface area (Å²) in [5.74, 6) is -1.89. The average molecular weight is 247 g/mol. The van der Waals surface area contributed by atoms with E-state index in [-0.39, 0.29) is 12.6 Å². The molecule has 2 saturated heterocycles. The molecule has 0 aliphatic carbocycles. The van der Waals surface area contributed by atoms with Gasteiger partial charge in [0.05, 0.1) is 6.07 Å². The molecular weight excluding hydrogens is 231 g/mol. The Kier molecular flexibility index (Phi) is 3.59. The number of halogens is 3. The number of nitriles is 1. The van der Waals surface area contributed by atoms with Crippen molar-refractivity contribution in [1.29, 1.82) is 5.26 Å². The van der Waals surface area contributed by atoms with Gasteiger partial charge in [0, 0.05) is 25.2 Å². The van der Waals surface area contributed by atoms with Gasteiger partial charge in [0.2, 0.25) is 0 Å². The van der Waals surface area contributed by atoms with Crippen LogP contribution in [0.3, 0.4) is 0 Å². The van der Waals surface area contributed by atoms with Gasteiger partial charge in [-0.05, 0) is 25.8 Å². The maximum absolute atomic E-state index is 12.4. The van der Waals surface area contributed by atoms with Gasteiger partial charge in [0.25, 0.3) is 0 Å². The summed E-state index contributed by atoms with van der Waals surface area (Å²) in [4.78, 5) is 2.33. The quantitative estimate of drug-likeness (QED) is 0.821. The van der Waals surface area contributed by atoms with Gasteiger partial charge >= 0.3 is 6.18 Å². The van der Waals surface area contributed by atoms with E-state index in [0.717, 1.165) is 32.4 Å². The average Bonchev–Trinajstić information content (AvgIpc) is 2.80. The molecule has 2 aliphatic heterocycles. The third-order valence-corrected chi connectivity index (χ3v) is 3.74. The van der Waals surface area contributed by atoms with Gasteiger partial charge in [0.1, 0.15) is 0 Å². The van der Waals surface area contributed by atoms with Gasteiger partial charge < -0.3 is 5.32 Å². The van der Waals surface area contributed by atoms with Gasteiger partial charge in [-0.25, -0.2) is 0 Å². The Morgan fingerprint density at radius 1 is 1.35 bits per heavy atom. The molecular formula is C11H16F3N3. The van der Waals surface area contributed by atoms with Crippen LogP contribution >= 0.6 is 0 Å². The van der Waals surface area contributed by atoms with E-state index in [4.69, 9.17) is 5.26 Å². The zero-order valence-corrected chi connectivity index (χ0v) is 9.50. The molecule has 96 valence electrons. The molecule has 2 fully saturated rings. The Hall–Kier alpha value is -0.800. The number of nitrogens with one attached hydrogen (secondary N) is 1. The molecule has 3 unspecified atom stereocenters. The minimum atomic E-state index is -4.42. The van der Waals surface area contributed by atoms with E-state index in [1.807, 2.05) is 0 Å². The van der Waals surface area contributed by atoms with Gasteiger partial charge in [0.15, 0.2) is 5.92 Å². The highest BCUT2D eigenvalue weighted by molar-refractivity contribution is 4.98. The molecule has 0 amide bonds. The monoisotopic (exact) mass is 247 g/mol. The highest BCUT2D eigenvalue weighted by atomic mass is 19.4. The van der Waals surface area contributed by atoms with Crippen LogP contribution in [0.2, 0.25) is 0 Å². The predicted molar refractivity (Wildman–Crippen MR) is 56.2 cm³/mol. The molecule has 0 radical (unpaired) electrons. The summed E-state index contributed by atoms with van der Waals surface area (Å²) in [6.45, 7) is 1.74. The minimum Gasteiger partial charge on any atom is -0.311 e. The molecule has 0 aromatic carbocycles. The van der Waals surface area contributed by atoms with Gasteiger partial charge in [-0.1, -0.05) is 0 Å². The third kappa shape index (κ3) is 2.72. The number of nitrogens with zero attached hydrogens (tertiary/aromatic N) is 2. The first-order chi connectivity index (χ1) is 8.02. The van der Waals surface area contributed by atoms with Crippen LogP contribution in [-0.2, 0) is 0 Å². The molecule has 2 heterocycles. The lowest BCUT2D eigenvalue weighted by atomic mass is 10.1. The van der Waals surface area contributed by atoms with Crippen LogP contribution in [0.25, 0.3) is 0 Å². The van der Waals surface area contributed by atoms with Crippen LogP contribution in [0.5, 0.6) is 0 Å². The Labute approximate surface area is 98.6 Å². The molecule has 6 heteroatoms. The Morgan fingerprint density at radius 2 is 2.12 bits per heavy atom. The molecule has 2 rings (SSSR count). The number of hydrogen-bond donors (Lipinski definition) is 1. The summed E-state index contributed by atoms with van der Waals surface area (Å²) in [5, 5.41) is 11.4. The zero-order chi connectivity index (χ0) is 12.5. The highest BCUT2D eigenvalue weighted by Crippen LogP contribution is 2.29. The molecule has 0 aromatic rings. The molecule has 0 bridgehead atoms. The molecule has 3 nitrogen and oxygen atoms in total. The van der Waals surface area contributed by atoms with E-state index in [0.29, 0.717) is 6.04 Å². The predicted octanol–water partition coefficient (Wildman–Crippen LogP) is 1.51. The second-order valence-electron chi connectivity index (χ2n) is 4.77. The largest absolute Gasteiger partial charge is 0.405 e. The minimum absolute atomic E-state index is 0.121. The number of hydrogen-bond acceptors (Lipinski definition) is 3. The fraction of sp³-hybridized carbons (Fsp3) is 0.909. The van der Waals surface area contributed by atoms with E-state index in [2.05, 4.69) is 10.2 Å². The SMILES string of the molecule is N#CC(CNC1CCN2CCCC12)C(F)(F)F. The van der Waals surface area contributed by atoms with Crippen molar-refractivity contribution < 1.29 is 13.2 Å². The number of rotatable bonds is 3. The van der Waals surface area contributed by atoms with Crippen molar-refractivity contribution in [3.8, 4) is 6.07 Å². The maximum atomic E-state index is 12.4. The van der Waals surface area contributed by atoms with Crippen LogP contribution in [0.4, 0.5) is 13.2 Å². The van der Waals surface area contributed by atoms with E-state index in [9.17, 15) is 13.2 Å². The van der Waals surface area contributed by atoms with Crippen molar-refractivity contribution in [3.63, 3.8) is 0 Å². The van der Waals surface area contributed by atoms with Gasteiger partial charge in [-0.3, -0.25) is 4.90 Å².